The van der Waals surface area contributed by atoms with Crippen LogP contribution in [0.3, 0.4) is 0 Å². The zero-order valence-electron chi connectivity index (χ0n) is 15.3. The summed E-state index contributed by atoms with van der Waals surface area (Å²) in [6, 6.07) is 1.04. The number of rotatable bonds is 4. The molecular formula is C19H26N6O. The van der Waals surface area contributed by atoms with Crippen molar-refractivity contribution in [3.05, 3.63) is 35.4 Å². The molecule has 2 aromatic rings. The van der Waals surface area contributed by atoms with Crippen LogP contribution < -0.4 is 4.90 Å². The first-order valence-electron chi connectivity index (χ1n) is 9.77. The van der Waals surface area contributed by atoms with E-state index in [0.717, 1.165) is 51.8 Å². The molecule has 5 heterocycles. The highest BCUT2D eigenvalue weighted by atomic mass is 16.5. The molecule has 0 aliphatic carbocycles. The van der Waals surface area contributed by atoms with Crippen LogP contribution >= 0.6 is 0 Å². The summed E-state index contributed by atoms with van der Waals surface area (Å²) >= 11 is 0. The molecule has 26 heavy (non-hydrogen) atoms. The van der Waals surface area contributed by atoms with Crippen molar-refractivity contribution in [1.82, 2.24) is 24.6 Å². The first-order valence-corrected chi connectivity index (χ1v) is 9.77. The molecule has 0 unspecified atom stereocenters. The molecule has 0 radical (unpaired) electrons. The summed E-state index contributed by atoms with van der Waals surface area (Å²) in [7, 11) is 0. The predicted octanol–water partition coefficient (Wildman–Crippen LogP) is 1.79. The van der Waals surface area contributed by atoms with E-state index in [1.807, 2.05) is 10.9 Å². The molecule has 7 heteroatoms. The van der Waals surface area contributed by atoms with Crippen molar-refractivity contribution in [1.29, 1.82) is 0 Å². The molecule has 2 fully saturated rings. The Hall–Kier alpha value is -1.99. The van der Waals surface area contributed by atoms with E-state index in [-0.39, 0.29) is 0 Å². The summed E-state index contributed by atoms with van der Waals surface area (Å²) in [5.74, 6) is 0.879. The molecule has 7 nitrogen and oxygen atoms in total. The average Bonchev–Trinajstić information content (AvgIpc) is 3.25. The molecule has 2 atom stereocenters. The van der Waals surface area contributed by atoms with Crippen molar-refractivity contribution in [3.63, 3.8) is 0 Å². The number of morpholine rings is 1. The minimum atomic E-state index is 0.451. The molecule has 3 aliphatic rings. The molecule has 0 aromatic carbocycles. The number of anilines is 1. The molecule has 3 aliphatic heterocycles. The summed E-state index contributed by atoms with van der Waals surface area (Å²) in [4.78, 5) is 14.5. The predicted molar refractivity (Wildman–Crippen MR) is 98.0 cm³/mol. The molecule has 0 N–H and O–H groups in total. The second-order valence-electron chi connectivity index (χ2n) is 7.50. The van der Waals surface area contributed by atoms with Crippen LogP contribution in [-0.2, 0) is 24.2 Å². The van der Waals surface area contributed by atoms with Crippen LogP contribution in [0.5, 0.6) is 0 Å². The van der Waals surface area contributed by atoms with Gasteiger partial charge < -0.3 is 9.64 Å². The van der Waals surface area contributed by atoms with E-state index in [1.165, 1.54) is 29.7 Å². The minimum Gasteiger partial charge on any atom is -0.378 e. The minimum absolute atomic E-state index is 0.451. The Morgan fingerprint density at radius 3 is 2.88 bits per heavy atom. The molecular weight excluding hydrogens is 328 g/mol. The van der Waals surface area contributed by atoms with E-state index in [4.69, 9.17) is 14.7 Å². The molecule has 2 bridgehead atoms. The number of hydrogen-bond acceptors (Lipinski definition) is 6. The van der Waals surface area contributed by atoms with Crippen LogP contribution in [0.1, 0.15) is 42.6 Å². The Bertz CT molecular complexity index is 784. The van der Waals surface area contributed by atoms with Gasteiger partial charge in [0.05, 0.1) is 25.1 Å². The number of hydrogen-bond donors (Lipinski definition) is 0. The van der Waals surface area contributed by atoms with Crippen LogP contribution in [0, 0.1) is 0 Å². The van der Waals surface area contributed by atoms with Gasteiger partial charge in [-0.15, -0.1) is 0 Å². The van der Waals surface area contributed by atoms with E-state index < -0.39 is 0 Å². The van der Waals surface area contributed by atoms with E-state index in [1.54, 1.807) is 0 Å². The Labute approximate surface area is 154 Å². The Balaban J connectivity index is 1.38. The van der Waals surface area contributed by atoms with Gasteiger partial charge in [0.25, 0.3) is 0 Å². The molecule has 0 amide bonds. The van der Waals surface area contributed by atoms with E-state index in [2.05, 4.69) is 34.2 Å². The van der Waals surface area contributed by atoms with Gasteiger partial charge in [-0.05, 0) is 19.8 Å². The quantitative estimate of drug-likeness (QED) is 0.834. The fourth-order valence-electron chi connectivity index (χ4n) is 4.60. The van der Waals surface area contributed by atoms with E-state index in [0.29, 0.717) is 12.1 Å². The maximum absolute atomic E-state index is 5.45. The summed E-state index contributed by atoms with van der Waals surface area (Å²) in [6.45, 7) is 7.34. The number of nitrogens with zero attached hydrogens (tertiary/aromatic N) is 6. The second-order valence-corrected chi connectivity index (χ2v) is 7.50. The van der Waals surface area contributed by atoms with Gasteiger partial charge in [-0.2, -0.15) is 5.10 Å². The van der Waals surface area contributed by atoms with Crippen LogP contribution in [0.15, 0.2) is 18.6 Å². The third-order valence-corrected chi connectivity index (χ3v) is 5.99. The standard InChI is InChI=1S/C19H26N6O/c1-2-24-12-14(10-21-24)13-25-15-3-4-18(25)16-11-20-19(22-17(16)9-15)23-5-7-26-8-6-23/h10-12,15,18H,2-9,13H2,1H3/t15-,18-/m1/s1. The van der Waals surface area contributed by atoms with Crippen LogP contribution in [0.2, 0.25) is 0 Å². The van der Waals surface area contributed by atoms with Crippen molar-refractivity contribution in [2.75, 3.05) is 31.2 Å². The Morgan fingerprint density at radius 2 is 2.08 bits per heavy atom. The maximum atomic E-state index is 5.45. The molecule has 138 valence electrons. The summed E-state index contributed by atoms with van der Waals surface area (Å²) < 4.78 is 7.45. The SMILES string of the molecule is CCn1cc(CN2[C@@H]3CC[C@@H]2c2cnc(N4CCOCC4)nc2C3)cn1. The van der Waals surface area contributed by atoms with Gasteiger partial charge in [-0.25, -0.2) is 9.97 Å². The van der Waals surface area contributed by atoms with E-state index >= 15 is 0 Å². The van der Waals surface area contributed by atoms with Gasteiger partial charge >= 0.3 is 0 Å². The van der Waals surface area contributed by atoms with Crippen molar-refractivity contribution in [3.8, 4) is 0 Å². The lowest BCUT2D eigenvalue weighted by molar-refractivity contribution is 0.122. The Morgan fingerprint density at radius 1 is 1.19 bits per heavy atom. The summed E-state index contributed by atoms with van der Waals surface area (Å²) in [5.41, 5.74) is 3.89. The topological polar surface area (TPSA) is 59.3 Å². The van der Waals surface area contributed by atoms with Gasteiger partial charge in [0.1, 0.15) is 0 Å². The first kappa shape index (κ1) is 16.2. The van der Waals surface area contributed by atoms with Gasteiger partial charge in [-0.1, -0.05) is 0 Å². The summed E-state index contributed by atoms with van der Waals surface area (Å²) in [6.07, 6.45) is 9.76. The molecule has 2 aromatic heterocycles. The van der Waals surface area contributed by atoms with Crippen molar-refractivity contribution in [2.45, 2.75) is 51.4 Å². The zero-order chi connectivity index (χ0) is 17.5. The van der Waals surface area contributed by atoms with Crippen molar-refractivity contribution >= 4 is 5.95 Å². The second kappa shape index (κ2) is 6.63. The fraction of sp³-hybridized carbons (Fsp3) is 0.632. The van der Waals surface area contributed by atoms with Crippen LogP contribution in [0.4, 0.5) is 5.95 Å². The van der Waals surface area contributed by atoms with Gasteiger partial charge in [-0.3, -0.25) is 9.58 Å². The number of aryl methyl sites for hydroxylation is 1. The highest BCUT2D eigenvalue weighted by Crippen LogP contribution is 2.43. The molecule has 2 saturated heterocycles. The number of aromatic nitrogens is 4. The normalized spacial score (nSPS) is 25.5. The first-order chi connectivity index (χ1) is 12.8. The largest absolute Gasteiger partial charge is 0.378 e. The number of ether oxygens (including phenoxy) is 1. The third kappa shape index (κ3) is 2.79. The number of fused-ring (bicyclic) bond motifs is 4. The lowest BCUT2D eigenvalue weighted by Crippen LogP contribution is -2.40. The fourth-order valence-corrected chi connectivity index (χ4v) is 4.60. The monoisotopic (exact) mass is 354 g/mol. The molecule has 0 saturated carbocycles. The molecule has 0 spiro atoms. The van der Waals surface area contributed by atoms with Crippen molar-refractivity contribution < 1.29 is 4.74 Å². The zero-order valence-corrected chi connectivity index (χ0v) is 15.3. The van der Waals surface area contributed by atoms with Gasteiger partial charge in [0.15, 0.2) is 0 Å². The summed E-state index contributed by atoms with van der Waals surface area (Å²) in [5, 5.41) is 4.43. The van der Waals surface area contributed by atoms with E-state index in [9.17, 15) is 0 Å². The molecule has 5 rings (SSSR count). The lowest BCUT2D eigenvalue weighted by atomic mass is 9.99. The van der Waals surface area contributed by atoms with Crippen LogP contribution in [-0.4, -0.2) is 57.0 Å². The van der Waals surface area contributed by atoms with Crippen LogP contribution in [0.25, 0.3) is 0 Å². The third-order valence-electron chi connectivity index (χ3n) is 5.99. The average molecular weight is 354 g/mol. The smallest absolute Gasteiger partial charge is 0.225 e. The van der Waals surface area contributed by atoms with Crippen molar-refractivity contribution in [2.24, 2.45) is 0 Å². The maximum Gasteiger partial charge on any atom is 0.225 e. The Kier molecular flexibility index (Phi) is 4.13. The lowest BCUT2D eigenvalue weighted by Gasteiger charge is -2.36. The highest BCUT2D eigenvalue weighted by Gasteiger charge is 2.41. The van der Waals surface area contributed by atoms with Gasteiger partial charge in [0.2, 0.25) is 5.95 Å². The van der Waals surface area contributed by atoms with Gasteiger partial charge in [0, 0.05) is 68.2 Å². The highest BCUT2D eigenvalue weighted by molar-refractivity contribution is 5.37.